The molecule has 0 amide bonds. The van der Waals surface area contributed by atoms with Crippen LogP contribution in [0.1, 0.15) is 12.0 Å². The lowest BCUT2D eigenvalue weighted by Crippen LogP contribution is -2.16. The first kappa shape index (κ1) is 11.7. The quantitative estimate of drug-likeness (QED) is 0.638. The van der Waals surface area contributed by atoms with Crippen LogP contribution < -0.4 is 5.48 Å². The van der Waals surface area contributed by atoms with Crippen LogP contribution in [0.3, 0.4) is 0 Å². The second-order valence-electron chi connectivity index (χ2n) is 2.74. The van der Waals surface area contributed by atoms with E-state index in [0.29, 0.717) is 27.9 Å². The van der Waals surface area contributed by atoms with Crippen molar-refractivity contribution in [3.05, 3.63) is 33.8 Å². The van der Waals surface area contributed by atoms with Crippen LogP contribution in [0.2, 0.25) is 10.0 Å². The van der Waals surface area contributed by atoms with Gasteiger partial charge in [-0.2, -0.15) is 0 Å². The minimum atomic E-state index is 0.376. The van der Waals surface area contributed by atoms with Gasteiger partial charge >= 0.3 is 0 Å². The number of hydroxylamine groups is 1. The van der Waals surface area contributed by atoms with Crippen LogP contribution in [-0.2, 0) is 6.42 Å². The summed E-state index contributed by atoms with van der Waals surface area (Å²) in [5.74, 6) is 0. The van der Waals surface area contributed by atoms with Gasteiger partial charge in [0.2, 0.25) is 0 Å². The minimum absolute atomic E-state index is 0.376. The summed E-state index contributed by atoms with van der Waals surface area (Å²) in [5.41, 5.74) is 2.77. The van der Waals surface area contributed by atoms with Crippen LogP contribution in [0.15, 0.2) is 18.2 Å². The number of thiocarbonyl (C=S) groups is 1. The van der Waals surface area contributed by atoms with Gasteiger partial charge in [0.05, 0.1) is 0 Å². The zero-order valence-corrected chi connectivity index (χ0v) is 9.59. The van der Waals surface area contributed by atoms with Crippen molar-refractivity contribution in [1.29, 1.82) is 0 Å². The van der Waals surface area contributed by atoms with Gasteiger partial charge in [-0.05, 0) is 24.1 Å². The van der Waals surface area contributed by atoms with E-state index in [-0.39, 0.29) is 0 Å². The molecule has 0 aliphatic rings. The number of halogens is 2. The Morgan fingerprint density at radius 2 is 1.93 bits per heavy atom. The fourth-order valence-electron chi connectivity index (χ4n) is 1.07. The average molecular weight is 250 g/mol. The molecule has 0 bridgehead atoms. The Hall–Kier alpha value is -0.350. The SMILES string of the molecule is ONC(=S)CCc1c(Cl)cccc1Cl. The summed E-state index contributed by atoms with van der Waals surface area (Å²) in [6, 6.07) is 5.34. The number of benzene rings is 1. The van der Waals surface area contributed by atoms with Crippen molar-refractivity contribution in [3.63, 3.8) is 0 Å². The highest BCUT2D eigenvalue weighted by molar-refractivity contribution is 7.80. The summed E-state index contributed by atoms with van der Waals surface area (Å²) in [6.45, 7) is 0. The monoisotopic (exact) mass is 249 g/mol. The number of rotatable bonds is 3. The minimum Gasteiger partial charge on any atom is -0.291 e. The number of hydrogen-bond donors (Lipinski definition) is 2. The van der Waals surface area contributed by atoms with E-state index in [0.717, 1.165) is 5.56 Å². The van der Waals surface area contributed by atoms with Gasteiger partial charge < -0.3 is 0 Å². The molecule has 0 heterocycles. The third-order valence-electron chi connectivity index (χ3n) is 1.79. The van der Waals surface area contributed by atoms with Gasteiger partial charge in [0.1, 0.15) is 4.99 Å². The maximum Gasteiger partial charge on any atom is 0.100 e. The predicted molar refractivity (Wildman–Crippen MR) is 62.3 cm³/mol. The zero-order chi connectivity index (χ0) is 10.6. The zero-order valence-electron chi connectivity index (χ0n) is 7.26. The Balaban J connectivity index is 2.71. The molecule has 2 nitrogen and oxygen atoms in total. The van der Waals surface area contributed by atoms with E-state index in [9.17, 15) is 0 Å². The summed E-state index contributed by atoms with van der Waals surface area (Å²) in [7, 11) is 0. The molecule has 76 valence electrons. The molecule has 0 radical (unpaired) electrons. The summed E-state index contributed by atoms with van der Waals surface area (Å²) in [4.78, 5) is 0.376. The van der Waals surface area contributed by atoms with Crippen molar-refractivity contribution in [3.8, 4) is 0 Å². The Labute approximate surface area is 97.8 Å². The van der Waals surface area contributed by atoms with Crippen molar-refractivity contribution in [2.45, 2.75) is 12.8 Å². The third-order valence-corrected chi connectivity index (χ3v) is 2.79. The van der Waals surface area contributed by atoms with Crippen molar-refractivity contribution < 1.29 is 5.21 Å². The van der Waals surface area contributed by atoms with Gasteiger partial charge in [-0.15, -0.1) is 0 Å². The first-order valence-corrected chi connectivity index (χ1v) is 5.17. The Kier molecular flexibility index (Phi) is 4.62. The van der Waals surface area contributed by atoms with E-state index >= 15 is 0 Å². The average Bonchev–Trinajstić information content (AvgIpc) is 2.16. The van der Waals surface area contributed by atoms with Gasteiger partial charge in [-0.3, -0.25) is 10.7 Å². The fraction of sp³-hybridized carbons (Fsp3) is 0.222. The van der Waals surface area contributed by atoms with Gasteiger partial charge in [-0.25, -0.2) is 0 Å². The normalized spacial score (nSPS) is 9.93. The molecule has 0 spiro atoms. The van der Waals surface area contributed by atoms with Crippen LogP contribution in [0.25, 0.3) is 0 Å². The van der Waals surface area contributed by atoms with Crippen LogP contribution in [0.4, 0.5) is 0 Å². The maximum atomic E-state index is 8.49. The van der Waals surface area contributed by atoms with Gasteiger partial charge in [0, 0.05) is 16.5 Å². The molecule has 0 unspecified atom stereocenters. The summed E-state index contributed by atoms with van der Waals surface area (Å²) in [5, 5.41) is 9.74. The second kappa shape index (κ2) is 5.51. The van der Waals surface area contributed by atoms with Gasteiger partial charge in [0.15, 0.2) is 0 Å². The van der Waals surface area contributed by atoms with E-state index < -0.39 is 0 Å². The molecule has 0 fully saturated rings. The van der Waals surface area contributed by atoms with Crippen LogP contribution in [0, 0.1) is 0 Å². The molecule has 1 aromatic rings. The molecule has 5 heteroatoms. The summed E-state index contributed by atoms with van der Waals surface area (Å²) >= 11 is 16.7. The Bertz CT molecular complexity index is 323. The summed E-state index contributed by atoms with van der Waals surface area (Å²) < 4.78 is 0. The Morgan fingerprint density at radius 3 is 2.43 bits per heavy atom. The van der Waals surface area contributed by atoms with Crippen molar-refractivity contribution in [2.75, 3.05) is 0 Å². The molecular weight excluding hydrogens is 241 g/mol. The first-order valence-electron chi connectivity index (χ1n) is 4.01. The third kappa shape index (κ3) is 3.10. The highest BCUT2D eigenvalue weighted by Gasteiger charge is 2.05. The lowest BCUT2D eigenvalue weighted by atomic mass is 10.1. The topological polar surface area (TPSA) is 32.3 Å². The molecule has 0 saturated carbocycles. The van der Waals surface area contributed by atoms with Crippen molar-refractivity contribution in [2.24, 2.45) is 0 Å². The number of hydrogen-bond acceptors (Lipinski definition) is 2. The summed E-state index contributed by atoms with van der Waals surface area (Å²) in [6.07, 6.45) is 1.14. The highest BCUT2D eigenvalue weighted by Crippen LogP contribution is 2.25. The molecule has 2 N–H and O–H groups in total. The van der Waals surface area contributed by atoms with Crippen LogP contribution >= 0.6 is 35.4 Å². The Morgan fingerprint density at radius 1 is 1.36 bits per heavy atom. The predicted octanol–water partition coefficient (Wildman–Crippen LogP) is 3.23. The molecule has 0 atom stereocenters. The maximum absolute atomic E-state index is 8.49. The fourth-order valence-corrected chi connectivity index (χ4v) is 1.75. The van der Waals surface area contributed by atoms with Gasteiger partial charge in [-0.1, -0.05) is 41.5 Å². The molecule has 0 saturated heterocycles. The molecule has 0 aromatic heterocycles. The largest absolute Gasteiger partial charge is 0.291 e. The standard InChI is InChI=1S/C9H9Cl2NOS/c10-7-2-1-3-8(11)6(7)4-5-9(14)12-13/h1-3,13H,4-5H2,(H,12,14). The molecule has 1 rings (SSSR count). The molecule has 0 aliphatic heterocycles. The van der Waals surface area contributed by atoms with Crippen LogP contribution in [-0.4, -0.2) is 10.2 Å². The number of nitrogens with one attached hydrogen (secondary N) is 1. The van der Waals surface area contributed by atoms with Crippen molar-refractivity contribution >= 4 is 40.4 Å². The molecule has 14 heavy (non-hydrogen) atoms. The first-order chi connectivity index (χ1) is 6.65. The van der Waals surface area contributed by atoms with E-state index in [4.69, 9.17) is 40.6 Å². The van der Waals surface area contributed by atoms with E-state index in [1.165, 1.54) is 0 Å². The lowest BCUT2D eigenvalue weighted by molar-refractivity contribution is 0.235. The smallest absolute Gasteiger partial charge is 0.100 e. The van der Waals surface area contributed by atoms with Crippen molar-refractivity contribution in [1.82, 2.24) is 5.48 Å². The molecular formula is C9H9Cl2NOS. The molecule has 0 aliphatic carbocycles. The van der Waals surface area contributed by atoms with Crippen LogP contribution in [0.5, 0.6) is 0 Å². The van der Waals surface area contributed by atoms with Gasteiger partial charge in [0.25, 0.3) is 0 Å². The second-order valence-corrected chi connectivity index (χ2v) is 4.04. The highest BCUT2D eigenvalue weighted by atomic mass is 35.5. The van der Waals surface area contributed by atoms with E-state index in [1.54, 1.807) is 18.2 Å². The molecule has 1 aromatic carbocycles. The lowest BCUT2D eigenvalue weighted by Gasteiger charge is -2.06. The van der Waals surface area contributed by atoms with E-state index in [1.807, 2.05) is 5.48 Å². The van der Waals surface area contributed by atoms with E-state index in [2.05, 4.69) is 0 Å².